The van der Waals surface area contributed by atoms with Gasteiger partial charge in [-0.05, 0) is 22.0 Å². The predicted octanol–water partition coefficient (Wildman–Crippen LogP) is 2.08. The number of thiophene rings is 1. The Labute approximate surface area is 71.6 Å². The lowest BCUT2D eigenvalue weighted by Crippen LogP contribution is -2.01. The van der Waals surface area contributed by atoms with E-state index in [-0.39, 0.29) is 0 Å². The Bertz CT molecular complexity index is 250. The quantitative estimate of drug-likeness (QED) is 0.608. The van der Waals surface area contributed by atoms with Crippen molar-refractivity contribution in [3.8, 4) is 6.19 Å². The summed E-state index contributed by atoms with van der Waals surface area (Å²) in [6, 6.07) is 2.00. The Kier molecular flexibility index (Phi) is 2.72. The molecule has 0 atom stereocenters. The lowest BCUT2D eigenvalue weighted by atomic mass is 10.5. The van der Waals surface area contributed by atoms with Crippen molar-refractivity contribution in [1.29, 1.82) is 5.26 Å². The van der Waals surface area contributed by atoms with Crippen LogP contribution in [-0.2, 0) is 6.54 Å². The minimum atomic E-state index is 0.632. The van der Waals surface area contributed by atoms with Crippen molar-refractivity contribution < 1.29 is 0 Å². The molecule has 4 heteroatoms. The van der Waals surface area contributed by atoms with Crippen LogP contribution in [0.4, 0.5) is 0 Å². The van der Waals surface area contributed by atoms with Crippen molar-refractivity contribution in [1.82, 2.24) is 5.32 Å². The number of nitrogens with one attached hydrogen (secondary N) is 1. The van der Waals surface area contributed by atoms with Gasteiger partial charge in [-0.3, -0.25) is 0 Å². The zero-order chi connectivity index (χ0) is 7.40. The van der Waals surface area contributed by atoms with E-state index >= 15 is 0 Å². The summed E-state index contributed by atoms with van der Waals surface area (Å²) < 4.78 is 1.08. The second kappa shape index (κ2) is 3.59. The van der Waals surface area contributed by atoms with Gasteiger partial charge in [-0.1, -0.05) is 0 Å². The number of nitriles is 1. The van der Waals surface area contributed by atoms with Gasteiger partial charge in [0.2, 0.25) is 0 Å². The molecule has 1 rings (SSSR count). The molecule has 2 nitrogen and oxygen atoms in total. The standard InChI is InChI=1S/C6H5BrN2S/c7-5-1-6(10-3-5)2-9-4-8/h1,3,9H,2H2. The third kappa shape index (κ3) is 2.01. The fraction of sp³-hybridized carbons (Fsp3) is 0.167. The monoisotopic (exact) mass is 216 g/mol. The third-order valence-corrected chi connectivity index (χ3v) is 2.66. The average molecular weight is 217 g/mol. The molecule has 1 aromatic rings. The van der Waals surface area contributed by atoms with Gasteiger partial charge in [0.1, 0.15) is 0 Å². The Morgan fingerprint density at radius 1 is 1.80 bits per heavy atom. The van der Waals surface area contributed by atoms with E-state index in [4.69, 9.17) is 5.26 Å². The van der Waals surface area contributed by atoms with Gasteiger partial charge in [0.25, 0.3) is 0 Å². The van der Waals surface area contributed by atoms with Crippen molar-refractivity contribution in [3.63, 3.8) is 0 Å². The Balaban J connectivity index is 2.52. The normalized spacial score (nSPS) is 8.80. The molecule has 1 heterocycles. The highest BCUT2D eigenvalue weighted by molar-refractivity contribution is 9.10. The van der Waals surface area contributed by atoms with Crippen LogP contribution in [0, 0.1) is 11.5 Å². The van der Waals surface area contributed by atoms with Gasteiger partial charge in [-0.25, -0.2) is 0 Å². The smallest absolute Gasteiger partial charge is 0.176 e. The van der Waals surface area contributed by atoms with Crippen LogP contribution in [0.15, 0.2) is 15.9 Å². The van der Waals surface area contributed by atoms with Gasteiger partial charge >= 0.3 is 0 Å². The van der Waals surface area contributed by atoms with E-state index in [2.05, 4.69) is 21.2 Å². The lowest BCUT2D eigenvalue weighted by molar-refractivity contribution is 0.901. The van der Waals surface area contributed by atoms with E-state index < -0.39 is 0 Å². The molecule has 0 radical (unpaired) electrons. The molecular formula is C6H5BrN2S. The molecule has 1 N–H and O–H groups in total. The Morgan fingerprint density at radius 3 is 3.10 bits per heavy atom. The molecule has 0 spiro atoms. The maximum atomic E-state index is 8.17. The summed E-state index contributed by atoms with van der Waals surface area (Å²) >= 11 is 4.95. The molecule has 0 aromatic carbocycles. The van der Waals surface area contributed by atoms with E-state index in [1.165, 1.54) is 0 Å². The van der Waals surface area contributed by atoms with Crippen LogP contribution in [0.2, 0.25) is 0 Å². The van der Waals surface area contributed by atoms with E-state index in [1.54, 1.807) is 11.3 Å². The maximum absolute atomic E-state index is 8.17. The molecule has 10 heavy (non-hydrogen) atoms. The summed E-state index contributed by atoms with van der Waals surface area (Å²) in [5.41, 5.74) is 0. The van der Waals surface area contributed by atoms with Crippen molar-refractivity contribution in [2.45, 2.75) is 6.54 Å². The van der Waals surface area contributed by atoms with Crippen molar-refractivity contribution in [2.24, 2.45) is 0 Å². The molecule has 0 aliphatic carbocycles. The van der Waals surface area contributed by atoms with Gasteiger partial charge in [-0.2, -0.15) is 5.26 Å². The third-order valence-electron chi connectivity index (χ3n) is 0.963. The minimum Gasteiger partial charge on any atom is -0.319 e. The number of hydrogen-bond donors (Lipinski definition) is 1. The molecule has 0 saturated carbocycles. The van der Waals surface area contributed by atoms with Crippen molar-refractivity contribution >= 4 is 27.3 Å². The molecule has 0 bridgehead atoms. The fourth-order valence-corrected chi connectivity index (χ4v) is 1.96. The van der Waals surface area contributed by atoms with Gasteiger partial charge in [0.05, 0.1) is 6.54 Å². The van der Waals surface area contributed by atoms with Crippen LogP contribution < -0.4 is 5.32 Å². The van der Waals surface area contributed by atoms with E-state index in [0.29, 0.717) is 6.54 Å². The number of halogens is 1. The molecule has 1 aromatic heterocycles. The number of nitrogens with zero attached hydrogens (tertiary/aromatic N) is 1. The van der Waals surface area contributed by atoms with Crippen molar-refractivity contribution in [3.05, 3.63) is 20.8 Å². The zero-order valence-electron chi connectivity index (χ0n) is 5.10. The van der Waals surface area contributed by atoms with E-state index in [1.807, 2.05) is 17.6 Å². The van der Waals surface area contributed by atoms with Crippen molar-refractivity contribution in [2.75, 3.05) is 0 Å². The van der Waals surface area contributed by atoms with E-state index in [9.17, 15) is 0 Å². The first-order valence-corrected chi connectivity index (χ1v) is 4.35. The first kappa shape index (κ1) is 7.58. The summed E-state index contributed by atoms with van der Waals surface area (Å²) in [4.78, 5) is 1.16. The molecular weight excluding hydrogens is 212 g/mol. The van der Waals surface area contributed by atoms with Gasteiger partial charge in [0.15, 0.2) is 6.19 Å². The summed E-state index contributed by atoms with van der Waals surface area (Å²) in [6.07, 6.45) is 1.87. The average Bonchev–Trinajstić information content (AvgIpc) is 2.31. The Hall–Kier alpha value is -0.530. The molecule has 0 amide bonds. The van der Waals surface area contributed by atoms with Gasteiger partial charge < -0.3 is 5.32 Å². The van der Waals surface area contributed by atoms with Crippen LogP contribution in [0.3, 0.4) is 0 Å². The van der Waals surface area contributed by atoms with Crippen LogP contribution in [-0.4, -0.2) is 0 Å². The second-order valence-corrected chi connectivity index (χ2v) is 3.61. The van der Waals surface area contributed by atoms with Gasteiger partial charge in [-0.15, -0.1) is 11.3 Å². The van der Waals surface area contributed by atoms with Crippen LogP contribution in [0.5, 0.6) is 0 Å². The molecule has 52 valence electrons. The minimum absolute atomic E-state index is 0.632. The molecule has 0 saturated heterocycles. The van der Waals surface area contributed by atoms with Crippen LogP contribution >= 0.6 is 27.3 Å². The molecule has 0 aliphatic rings. The summed E-state index contributed by atoms with van der Waals surface area (Å²) in [5, 5.41) is 12.7. The molecule has 0 fully saturated rings. The lowest BCUT2D eigenvalue weighted by Gasteiger charge is -1.88. The van der Waals surface area contributed by atoms with Crippen LogP contribution in [0.25, 0.3) is 0 Å². The van der Waals surface area contributed by atoms with Gasteiger partial charge in [0, 0.05) is 14.7 Å². The highest BCUT2D eigenvalue weighted by Gasteiger charge is 1.94. The summed E-state index contributed by atoms with van der Waals surface area (Å²) in [6.45, 7) is 0.632. The number of hydrogen-bond acceptors (Lipinski definition) is 3. The first-order valence-electron chi connectivity index (χ1n) is 2.68. The van der Waals surface area contributed by atoms with E-state index in [0.717, 1.165) is 9.35 Å². The maximum Gasteiger partial charge on any atom is 0.176 e. The highest BCUT2D eigenvalue weighted by atomic mass is 79.9. The SMILES string of the molecule is N#CNCc1cc(Br)cs1. The van der Waals surface area contributed by atoms with Crippen LogP contribution in [0.1, 0.15) is 4.88 Å². The highest BCUT2D eigenvalue weighted by Crippen LogP contribution is 2.18. The second-order valence-electron chi connectivity index (χ2n) is 1.70. The fourth-order valence-electron chi connectivity index (χ4n) is 0.573. The molecule has 0 unspecified atom stereocenters. The zero-order valence-corrected chi connectivity index (χ0v) is 7.50. The summed E-state index contributed by atoms with van der Waals surface area (Å²) in [5.74, 6) is 0. The predicted molar refractivity (Wildman–Crippen MR) is 44.5 cm³/mol. The Morgan fingerprint density at radius 2 is 2.60 bits per heavy atom. The topological polar surface area (TPSA) is 35.8 Å². The molecule has 0 aliphatic heterocycles. The number of rotatable bonds is 2. The first-order chi connectivity index (χ1) is 4.83. The largest absolute Gasteiger partial charge is 0.319 e. The summed E-state index contributed by atoms with van der Waals surface area (Å²) in [7, 11) is 0.